The quantitative estimate of drug-likeness (QED) is 0.889. The van der Waals surface area contributed by atoms with Crippen LogP contribution in [0.15, 0.2) is 24.3 Å². The lowest BCUT2D eigenvalue weighted by Gasteiger charge is -2.10. The SMILES string of the molecule is CCc1cc(COc2c(F)cccc2C(=O)O)n(CC)n1. The van der Waals surface area contributed by atoms with E-state index in [1.165, 1.54) is 18.2 Å². The van der Waals surface area contributed by atoms with E-state index >= 15 is 0 Å². The van der Waals surface area contributed by atoms with Crippen molar-refractivity contribution < 1.29 is 19.0 Å². The number of carboxylic acid groups (broad SMARTS) is 1. The van der Waals surface area contributed by atoms with Gasteiger partial charge in [0.15, 0.2) is 11.6 Å². The molecule has 0 aliphatic rings. The van der Waals surface area contributed by atoms with Gasteiger partial charge in [0.25, 0.3) is 0 Å². The smallest absolute Gasteiger partial charge is 0.339 e. The molecule has 0 aliphatic carbocycles. The molecule has 0 unspecified atom stereocenters. The second kappa shape index (κ2) is 6.39. The largest absolute Gasteiger partial charge is 0.483 e. The van der Waals surface area contributed by atoms with Gasteiger partial charge in [-0.2, -0.15) is 5.10 Å². The lowest BCUT2D eigenvalue weighted by Crippen LogP contribution is -2.09. The number of ether oxygens (including phenoxy) is 1. The zero-order valence-electron chi connectivity index (χ0n) is 12.0. The maximum atomic E-state index is 13.8. The molecule has 6 heteroatoms. The molecule has 21 heavy (non-hydrogen) atoms. The number of rotatable bonds is 6. The molecule has 1 aromatic heterocycles. The molecular formula is C15H17FN2O3. The van der Waals surface area contributed by atoms with Crippen molar-refractivity contribution in [2.75, 3.05) is 0 Å². The van der Waals surface area contributed by atoms with E-state index in [9.17, 15) is 9.18 Å². The molecule has 2 aromatic rings. The van der Waals surface area contributed by atoms with Gasteiger partial charge in [-0.1, -0.05) is 13.0 Å². The van der Waals surface area contributed by atoms with Gasteiger partial charge >= 0.3 is 5.97 Å². The number of aromatic carboxylic acids is 1. The van der Waals surface area contributed by atoms with Crippen molar-refractivity contribution in [3.63, 3.8) is 0 Å². The highest BCUT2D eigenvalue weighted by molar-refractivity contribution is 5.90. The Bertz CT molecular complexity index is 652. The number of halogens is 1. The molecule has 0 fully saturated rings. The third-order valence-corrected chi connectivity index (χ3v) is 3.14. The third-order valence-electron chi connectivity index (χ3n) is 3.14. The Balaban J connectivity index is 2.24. The number of hydrogen-bond donors (Lipinski definition) is 1. The van der Waals surface area contributed by atoms with E-state index in [1.807, 2.05) is 19.9 Å². The molecule has 112 valence electrons. The number of carbonyl (C=O) groups is 1. The van der Waals surface area contributed by atoms with Crippen LogP contribution in [-0.2, 0) is 19.6 Å². The fourth-order valence-electron chi connectivity index (χ4n) is 2.05. The zero-order chi connectivity index (χ0) is 15.4. The second-order valence-electron chi connectivity index (χ2n) is 4.51. The highest BCUT2D eigenvalue weighted by Crippen LogP contribution is 2.24. The van der Waals surface area contributed by atoms with Crippen molar-refractivity contribution in [2.45, 2.75) is 33.4 Å². The van der Waals surface area contributed by atoms with Crippen LogP contribution in [-0.4, -0.2) is 20.9 Å². The molecule has 1 heterocycles. The molecule has 5 nitrogen and oxygen atoms in total. The summed E-state index contributed by atoms with van der Waals surface area (Å²) in [7, 11) is 0. The zero-order valence-corrected chi connectivity index (χ0v) is 12.0. The maximum absolute atomic E-state index is 13.8. The van der Waals surface area contributed by atoms with Gasteiger partial charge in [0.2, 0.25) is 0 Å². The fourth-order valence-corrected chi connectivity index (χ4v) is 2.05. The topological polar surface area (TPSA) is 64.3 Å². The third kappa shape index (κ3) is 3.21. The molecular weight excluding hydrogens is 275 g/mol. The van der Waals surface area contributed by atoms with Crippen LogP contribution in [0.4, 0.5) is 4.39 Å². The summed E-state index contributed by atoms with van der Waals surface area (Å²) in [6, 6.07) is 5.72. The predicted octanol–water partition coefficient (Wildman–Crippen LogP) is 2.88. The minimum absolute atomic E-state index is 0.0715. The van der Waals surface area contributed by atoms with Gasteiger partial charge in [-0.25, -0.2) is 9.18 Å². The summed E-state index contributed by atoms with van der Waals surface area (Å²) in [6.45, 7) is 4.68. The lowest BCUT2D eigenvalue weighted by atomic mass is 10.2. The molecule has 0 spiro atoms. The summed E-state index contributed by atoms with van der Waals surface area (Å²) < 4.78 is 20.9. The number of aromatic nitrogens is 2. The van der Waals surface area contributed by atoms with Crippen LogP contribution in [0, 0.1) is 5.82 Å². The molecule has 0 radical (unpaired) electrons. The molecule has 0 bridgehead atoms. The fraction of sp³-hybridized carbons (Fsp3) is 0.333. The van der Waals surface area contributed by atoms with Gasteiger partial charge in [-0.3, -0.25) is 4.68 Å². The first kappa shape index (κ1) is 15.0. The first-order valence-electron chi connectivity index (χ1n) is 6.77. The average molecular weight is 292 g/mol. The van der Waals surface area contributed by atoms with Gasteiger partial charge in [-0.15, -0.1) is 0 Å². The Morgan fingerprint density at radius 1 is 1.43 bits per heavy atom. The summed E-state index contributed by atoms with van der Waals surface area (Å²) in [5.74, 6) is -2.15. The molecule has 1 N–H and O–H groups in total. The van der Waals surface area contributed by atoms with Crippen molar-refractivity contribution in [2.24, 2.45) is 0 Å². The van der Waals surface area contributed by atoms with Gasteiger partial charge in [-0.05, 0) is 31.5 Å². The monoisotopic (exact) mass is 292 g/mol. The summed E-state index contributed by atoms with van der Waals surface area (Å²) in [5, 5.41) is 13.4. The van der Waals surface area contributed by atoms with Crippen molar-refractivity contribution in [1.29, 1.82) is 0 Å². The van der Waals surface area contributed by atoms with E-state index in [2.05, 4.69) is 5.10 Å². The Kier molecular flexibility index (Phi) is 4.57. The Hall–Kier alpha value is -2.37. The van der Waals surface area contributed by atoms with Gasteiger partial charge < -0.3 is 9.84 Å². The van der Waals surface area contributed by atoms with E-state index in [0.29, 0.717) is 6.54 Å². The van der Waals surface area contributed by atoms with Crippen LogP contribution >= 0.6 is 0 Å². The summed E-state index contributed by atoms with van der Waals surface area (Å²) in [4.78, 5) is 11.1. The first-order valence-corrected chi connectivity index (χ1v) is 6.77. The molecule has 1 aromatic carbocycles. The van der Waals surface area contributed by atoms with Crippen LogP contribution in [0.2, 0.25) is 0 Å². The van der Waals surface area contributed by atoms with Crippen molar-refractivity contribution in [3.05, 3.63) is 47.0 Å². The minimum Gasteiger partial charge on any atom is -0.483 e. The number of para-hydroxylation sites is 1. The molecule has 0 saturated carbocycles. The highest BCUT2D eigenvalue weighted by Gasteiger charge is 2.16. The van der Waals surface area contributed by atoms with Crippen molar-refractivity contribution in [1.82, 2.24) is 9.78 Å². The van der Waals surface area contributed by atoms with E-state index in [4.69, 9.17) is 9.84 Å². The summed E-state index contributed by atoms with van der Waals surface area (Å²) in [6.07, 6.45) is 0.792. The highest BCUT2D eigenvalue weighted by atomic mass is 19.1. The van der Waals surface area contributed by atoms with Crippen LogP contribution in [0.25, 0.3) is 0 Å². The number of benzene rings is 1. The van der Waals surface area contributed by atoms with Crippen LogP contribution < -0.4 is 4.74 Å². The molecule has 0 atom stereocenters. The lowest BCUT2D eigenvalue weighted by molar-refractivity contribution is 0.0690. The van der Waals surface area contributed by atoms with Crippen molar-refractivity contribution >= 4 is 5.97 Å². The average Bonchev–Trinajstić information content (AvgIpc) is 2.88. The van der Waals surface area contributed by atoms with E-state index < -0.39 is 11.8 Å². The molecule has 0 amide bonds. The predicted molar refractivity (Wildman–Crippen MR) is 75.0 cm³/mol. The van der Waals surface area contributed by atoms with Crippen LogP contribution in [0.5, 0.6) is 5.75 Å². The summed E-state index contributed by atoms with van der Waals surface area (Å²) >= 11 is 0. The van der Waals surface area contributed by atoms with E-state index in [1.54, 1.807) is 4.68 Å². The van der Waals surface area contributed by atoms with Crippen LogP contribution in [0.3, 0.4) is 0 Å². The number of nitrogens with zero attached hydrogens (tertiary/aromatic N) is 2. The first-order chi connectivity index (χ1) is 10.1. The van der Waals surface area contributed by atoms with E-state index in [0.717, 1.165) is 17.8 Å². The number of aryl methyl sites for hydroxylation is 2. The number of carboxylic acids is 1. The summed E-state index contributed by atoms with van der Waals surface area (Å²) in [5.41, 5.74) is 1.52. The van der Waals surface area contributed by atoms with Gasteiger partial charge in [0, 0.05) is 6.54 Å². The molecule has 0 aliphatic heterocycles. The Labute approximate surface area is 122 Å². The second-order valence-corrected chi connectivity index (χ2v) is 4.51. The number of hydrogen-bond acceptors (Lipinski definition) is 3. The van der Waals surface area contributed by atoms with Gasteiger partial charge in [0.05, 0.1) is 11.4 Å². The van der Waals surface area contributed by atoms with Gasteiger partial charge in [0.1, 0.15) is 12.2 Å². The Morgan fingerprint density at radius 3 is 2.81 bits per heavy atom. The van der Waals surface area contributed by atoms with E-state index in [-0.39, 0.29) is 17.9 Å². The normalized spacial score (nSPS) is 10.6. The molecule has 2 rings (SSSR count). The van der Waals surface area contributed by atoms with Crippen molar-refractivity contribution in [3.8, 4) is 5.75 Å². The Morgan fingerprint density at radius 2 is 2.19 bits per heavy atom. The maximum Gasteiger partial charge on any atom is 0.339 e. The minimum atomic E-state index is -1.22. The molecule has 0 saturated heterocycles. The standard InChI is InChI=1S/C15H17FN2O3/c1-3-10-8-11(18(4-2)17-10)9-21-14-12(15(19)20)6-5-7-13(14)16/h5-8H,3-4,9H2,1-2H3,(H,19,20). The van der Waals surface area contributed by atoms with Crippen LogP contribution in [0.1, 0.15) is 35.6 Å².